The number of para-hydroxylation sites is 1. The van der Waals surface area contributed by atoms with Crippen molar-refractivity contribution in [2.24, 2.45) is 0 Å². The van der Waals surface area contributed by atoms with Crippen LogP contribution in [0.3, 0.4) is 0 Å². The first-order valence-electron chi connectivity index (χ1n) is 12.2. The van der Waals surface area contributed by atoms with Gasteiger partial charge in [0.05, 0.1) is 13.2 Å². The van der Waals surface area contributed by atoms with Crippen molar-refractivity contribution >= 4 is 5.97 Å². The second kappa shape index (κ2) is 20.7. The highest BCUT2D eigenvalue weighted by Crippen LogP contribution is 2.13. The molecule has 172 valence electrons. The highest BCUT2D eigenvalue weighted by Gasteiger charge is 2.02. The predicted octanol–water partition coefficient (Wildman–Crippen LogP) is 7.11. The predicted molar refractivity (Wildman–Crippen MR) is 124 cm³/mol. The molecule has 30 heavy (non-hydrogen) atoms. The molecular weight excluding hydrogens is 376 g/mol. The Bertz CT molecular complexity index is 489. The summed E-state index contributed by atoms with van der Waals surface area (Å²) in [5, 5.41) is 0. The number of carbonyl (C=O) groups is 1. The average Bonchev–Trinajstić information content (AvgIpc) is 2.77. The summed E-state index contributed by atoms with van der Waals surface area (Å²) in [6, 6.07) is 9.66. The molecule has 4 heteroatoms. The highest BCUT2D eigenvalue weighted by atomic mass is 16.6. The molecule has 0 atom stereocenters. The van der Waals surface area contributed by atoms with Crippen LogP contribution in [0.15, 0.2) is 30.3 Å². The van der Waals surface area contributed by atoms with Crippen molar-refractivity contribution < 1.29 is 19.0 Å². The molecule has 0 aliphatic rings. The Morgan fingerprint density at radius 1 is 0.667 bits per heavy atom. The summed E-state index contributed by atoms with van der Waals surface area (Å²) < 4.78 is 16.2. The van der Waals surface area contributed by atoms with Gasteiger partial charge >= 0.3 is 5.97 Å². The van der Waals surface area contributed by atoms with Gasteiger partial charge in [0.25, 0.3) is 0 Å². The number of esters is 1. The van der Waals surface area contributed by atoms with Gasteiger partial charge in [0, 0.05) is 6.42 Å². The van der Waals surface area contributed by atoms with Gasteiger partial charge in [0.1, 0.15) is 19.0 Å². The molecule has 1 rings (SSSR count). The molecule has 0 bridgehead atoms. The van der Waals surface area contributed by atoms with E-state index in [1.807, 2.05) is 30.3 Å². The van der Waals surface area contributed by atoms with Crippen LogP contribution in [0.4, 0.5) is 0 Å². The quantitative estimate of drug-likeness (QED) is 0.157. The van der Waals surface area contributed by atoms with Gasteiger partial charge < -0.3 is 14.2 Å². The summed E-state index contributed by atoms with van der Waals surface area (Å²) in [5.41, 5.74) is 0. The Hall–Kier alpha value is -1.55. The van der Waals surface area contributed by atoms with Crippen LogP contribution in [0, 0.1) is 0 Å². The normalized spacial score (nSPS) is 10.8. The summed E-state index contributed by atoms with van der Waals surface area (Å²) >= 11 is 0. The van der Waals surface area contributed by atoms with E-state index in [1.54, 1.807) is 0 Å². The van der Waals surface area contributed by atoms with Gasteiger partial charge in [0.15, 0.2) is 0 Å². The summed E-state index contributed by atoms with van der Waals surface area (Å²) in [6.45, 7) is 4.00. The van der Waals surface area contributed by atoms with Crippen LogP contribution in [0.1, 0.15) is 96.8 Å². The lowest BCUT2D eigenvalue weighted by molar-refractivity contribution is -0.145. The molecule has 0 aliphatic heterocycles. The molecule has 1 aromatic carbocycles. The van der Waals surface area contributed by atoms with E-state index in [4.69, 9.17) is 14.2 Å². The van der Waals surface area contributed by atoms with Gasteiger partial charge in [-0.05, 0) is 18.6 Å². The third kappa shape index (κ3) is 17.3. The largest absolute Gasteiger partial charge is 0.491 e. The van der Waals surface area contributed by atoms with Crippen LogP contribution < -0.4 is 4.74 Å². The topological polar surface area (TPSA) is 44.8 Å². The summed E-state index contributed by atoms with van der Waals surface area (Å²) in [7, 11) is 0. The second-order valence-electron chi connectivity index (χ2n) is 7.99. The maximum atomic E-state index is 11.7. The molecule has 0 fully saturated rings. The lowest BCUT2D eigenvalue weighted by Crippen LogP contribution is -2.13. The Kier molecular flexibility index (Phi) is 18.3. The molecule has 0 amide bonds. The molecule has 0 unspecified atom stereocenters. The number of hydrogen-bond donors (Lipinski definition) is 0. The van der Waals surface area contributed by atoms with Gasteiger partial charge in [-0.1, -0.05) is 102 Å². The fraction of sp³-hybridized carbons (Fsp3) is 0.731. The molecule has 0 radical (unpaired) electrons. The lowest BCUT2D eigenvalue weighted by atomic mass is 10.0. The van der Waals surface area contributed by atoms with Crippen LogP contribution in [-0.4, -0.2) is 32.4 Å². The first-order chi connectivity index (χ1) is 14.8. The standard InChI is InChI=1S/C26H44O4/c1-2-3-4-5-6-7-8-9-10-11-12-13-17-20-26(27)30-24-22-28-21-23-29-25-18-15-14-16-19-25/h14-16,18-19H,2-13,17,20-24H2,1H3. The first-order valence-corrected chi connectivity index (χ1v) is 12.2. The molecule has 1 aromatic rings. The smallest absolute Gasteiger partial charge is 0.305 e. The zero-order valence-corrected chi connectivity index (χ0v) is 19.2. The van der Waals surface area contributed by atoms with Crippen molar-refractivity contribution in [3.63, 3.8) is 0 Å². The average molecular weight is 421 g/mol. The summed E-state index contributed by atoms with van der Waals surface area (Å²) in [5.74, 6) is 0.729. The number of unbranched alkanes of at least 4 members (excludes halogenated alkanes) is 12. The lowest BCUT2D eigenvalue weighted by Gasteiger charge is -2.08. The van der Waals surface area contributed by atoms with E-state index >= 15 is 0 Å². The third-order valence-electron chi connectivity index (χ3n) is 5.21. The zero-order valence-electron chi connectivity index (χ0n) is 19.2. The Morgan fingerprint density at radius 2 is 1.20 bits per heavy atom. The van der Waals surface area contributed by atoms with Gasteiger partial charge in [0.2, 0.25) is 0 Å². The maximum absolute atomic E-state index is 11.7. The number of hydrogen-bond acceptors (Lipinski definition) is 4. The summed E-state index contributed by atoms with van der Waals surface area (Å²) in [4.78, 5) is 11.7. The molecule has 0 N–H and O–H groups in total. The molecule has 0 aromatic heterocycles. The molecule has 0 aliphatic carbocycles. The van der Waals surface area contributed by atoms with Crippen molar-refractivity contribution in [3.05, 3.63) is 30.3 Å². The molecule has 0 heterocycles. The number of benzene rings is 1. The van der Waals surface area contributed by atoms with Crippen molar-refractivity contribution in [1.82, 2.24) is 0 Å². The Morgan fingerprint density at radius 3 is 1.80 bits per heavy atom. The van der Waals surface area contributed by atoms with Crippen molar-refractivity contribution in [2.75, 3.05) is 26.4 Å². The van der Waals surface area contributed by atoms with Gasteiger partial charge in [-0.3, -0.25) is 4.79 Å². The molecule has 4 nitrogen and oxygen atoms in total. The van der Waals surface area contributed by atoms with Gasteiger partial charge in [-0.2, -0.15) is 0 Å². The van der Waals surface area contributed by atoms with E-state index < -0.39 is 0 Å². The van der Waals surface area contributed by atoms with Crippen molar-refractivity contribution in [2.45, 2.75) is 96.8 Å². The van der Waals surface area contributed by atoms with Crippen LogP contribution in [0.25, 0.3) is 0 Å². The highest BCUT2D eigenvalue weighted by molar-refractivity contribution is 5.69. The van der Waals surface area contributed by atoms with Crippen molar-refractivity contribution in [1.29, 1.82) is 0 Å². The fourth-order valence-electron chi connectivity index (χ4n) is 3.41. The van der Waals surface area contributed by atoms with Crippen LogP contribution in [0.2, 0.25) is 0 Å². The van der Waals surface area contributed by atoms with Gasteiger partial charge in [-0.15, -0.1) is 0 Å². The van der Waals surface area contributed by atoms with Crippen LogP contribution in [-0.2, 0) is 14.3 Å². The SMILES string of the molecule is CCCCCCCCCCCCCCCC(=O)OCCOCCOc1ccccc1. The number of ether oxygens (including phenoxy) is 3. The van der Waals surface area contributed by atoms with E-state index in [9.17, 15) is 4.79 Å². The van der Waals surface area contributed by atoms with E-state index in [0.29, 0.717) is 32.8 Å². The molecule has 0 saturated heterocycles. The second-order valence-corrected chi connectivity index (χ2v) is 7.99. The van der Waals surface area contributed by atoms with E-state index in [-0.39, 0.29) is 5.97 Å². The molecular formula is C26H44O4. The zero-order chi connectivity index (χ0) is 21.5. The Labute approximate surface area is 184 Å². The first kappa shape index (κ1) is 26.5. The number of carbonyl (C=O) groups excluding carboxylic acids is 1. The Balaban J connectivity index is 1.75. The van der Waals surface area contributed by atoms with Gasteiger partial charge in [-0.25, -0.2) is 0 Å². The number of rotatable bonds is 21. The third-order valence-corrected chi connectivity index (χ3v) is 5.21. The minimum Gasteiger partial charge on any atom is -0.491 e. The van der Waals surface area contributed by atoms with E-state index in [2.05, 4.69) is 6.92 Å². The van der Waals surface area contributed by atoms with E-state index in [0.717, 1.165) is 18.6 Å². The minimum absolute atomic E-state index is 0.109. The molecule has 0 spiro atoms. The van der Waals surface area contributed by atoms with Crippen LogP contribution >= 0.6 is 0 Å². The van der Waals surface area contributed by atoms with E-state index in [1.165, 1.54) is 70.6 Å². The minimum atomic E-state index is -0.109. The van der Waals surface area contributed by atoms with Crippen LogP contribution in [0.5, 0.6) is 5.75 Å². The van der Waals surface area contributed by atoms with Crippen molar-refractivity contribution in [3.8, 4) is 5.75 Å². The monoisotopic (exact) mass is 420 g/mol. The maximum Gasteiger partial charge on any atom is 0.305 e. The molecule has 0 saturated carbocycles. The summed E-state index contributed by atoms with van der Waals surface area (Å²) in [6.07, 6.45) is 17.6. The fourth-order valence-corrected chi connectivity index (χ4v) is 3.41.